The number of benzene rings is 1. The number of phenolic OH excluding ortho intramolecular Hbond substituents is 1. The molecule has 0 fully saturated rings. The van der Waals surface area contributed by atoms with Crippen molar-refractivity contribution >= 4 is 28.9 Å². The summed E-state index contributed by atoms with van der Waals surface area (Å²) in [7, 11) is 0. The molecule has 1 heterocycles. The number of aromatic hydroxyl groups is 1. The second-order valence-electron chi connectivity index (χ2n) is 3.51. The van der Waals surface area contributed by atoms with Crippen LogP contribution < -0.4 is 0 Å². The van der Waals surface area contributed by atoms with Gasteiger partial charge in [-0.3, -0.25) is 4.79 Å². The van der Waals surface area contributed by atoms with Crippen LogP contribution in [-0.4, -0.2) is 21.1 Å². The van der Waals surface area contributed by atoms with Crippen LogP contribution in [0.15, 0.2) is 22.0 Å². The highest BCUT2D eigenvalue weighted by Gasteiger charge is 2.14. The molecule has 0 atom stereocenters. The number of rotatable bonds is 4. The number of thioether (sulfide) groups is 1. The van der Waals surface area contributed by atoms with E-state index in [0.717, 1.165) is 10.4 Å². The molecule has 0 bridgehead atoms. The van der Waals surface area contributed by atoms with Gasteiger partial charge in [0.05, 0.1) is 5.56 Å². The summed E-state index contributed by atoms with van der Waals surface area (Å²) in [6.45, 7) is 1.29. The molecule has 2 rings (SSSR count). The maximum atomic E-state index is 13.3. The summed E-state index contributed by atoms with van der Waals surface area (Å²) in [6, 6.07) is 2.26. The maximum absolute atomic E-state index is 13.3. The average Bonchev–Trinajstić information content (AvgIpc) is 2.82. The summed E-state index contributed by atoms with van der Waals surface area (Å²) < 4.78 is 14.1. The Hall–Kier alpha value is -1.47. The van der Waals surface area contributed by atoms with Crippen LogP contribution in [0.1, 0.15) is 22.8 Å². The minimum absolute atomic E-state index is 0.00265. The van der Waals surface area contributed by atoms with Crippen LogP contribution in [0.2, 0.25) is 0 Å². The third kappa shape index (κ3) is 2.85. The molecule has 94 valence electrons. The van der Waals surface area contributed by atoms with Crippen molar-refractivity contribution in [3.8, 4) is 5.75 Å². The van der Waals surface area contributed by atoms with Gasteiger partial charge in [0.2, 0.25) is 0 Å². The van der Waals surface area contributed by atoms with Crippen molar-refractivity contribution in [2.75, 3.05) is 0 Å². The first-order valence-electron chi connectivity index (χ1n) is 4.99. The lowest BCUT2D eigenvalue weighted by Gasteiger charge is -2.07. The van der Waals surface area contributed by atoms with E-state index in [9.17, 15) is 14.3 Å². The van der Waals surface area contributed by atoms with Gasteiger partial charge >= 0.3 is 0 Å². The van der Waals surface area contributed by atoms with Gasteiger partial charge < -0.3 is 5.11 Å². The quantitative estimate of drug-likeness (QED) is 0.691. The average molecular weight is 284 g/mol. The van der Waals surface area contributed by atoms with E-state index in [1.807, 2.05) is 0 Å². The molecule has 0 spiro atoms. The summed E-state index contributed by atoms with van der Waals surface area (Å²) in [5.41, 5.74) is 1.97. The van der Waals surface area contributed by atoms with Crippen molar-refractivity contribution in [1.82, 2.24) is 10.2 Å². The van der Waals surface area contributed by atoms with Gasteiger partial charge in [-0.2, -0.15) is 0 Å². The molecule has 7 heteroatoms. The second kappa shape index (κ2) is 5.45. The summed E-state index contributed by atoms with van der Waals surface area (Å²) in [4.78, 5) is 11.2. The van der Waals surface area contributed by atoms with Crippen molar-refractivity contribution in [2.45, 2.75) is 17.0 Å². The number of hydrogen-bond donors (Lipinski definition) is 1. The molecule has 0 aliphatic heterocycles. The molecule has 0 saturated heterocycles. The van der Waals surface area contributed by atoms with Crippen molar-refractivity contribution in [1.29, 1.82) is 0 Å². The fraction of sp³-hybridized carbons (Fsp3) is 0.182. The van der Waals surface area contributed by atoms with Crippen molar-refractivity contribution in [3.05, 3.63) is 34.6 Å². The van der Waals surface area contributed by atoms with Gasteiger partial charge in [0.25, 0.3) is 0 Å². The Balaban J connectivity index is 2.24. The monoisotopic (exact) mass is 284 g/mol. The predicted octanol–water partition coefficient (Wildman–Crippen LogP) is 2.88. The fourth-order valence-electron chi connectivity index (χ4n) is 1.40. The maximum Gasteiger partial charge on any atom is 0.174 e. The Morgan fingerprint density at radius 1 is 1.56 bits per heavy atom. The number of carbonyl (C=O) groups is 1. The molecule has 1 N–H and O–H groups in total. The molecule has 0 aliphatic carbocycles. The fourth-order valence-corrected chi connectivity index (χ4v) is 2.86. The third-order valence-electron chi connectivity index (χ3n) is 2.22. The zero-order valence-electron chi connectivity index (χ0n) is 9.38. The SMILES string of the molecule is CC(=O)c1cc(F)cc(CSc2nncs2)c1O. The highest BCUT2D eigenvalue weighted by molar-refractivity contribution is 8.00. The smallest absolute Gasteiger partial charge is 0.174 e. The van der Waals surface area contributed by atoms with Gasteiger partial charge in [-0.1, -0.05) is 23.1 Å². The Bertz CT molecular complexity index is 573. The van der Waals surface area contributed by atoms with E-state index in [-0.39, 0.29) is 17.1 Å². The summed E-state index contributed by atoms with van der Waals surface area (Å²) in [6.07, 6.45) is 0. The van der Waals surface area contributed by atoms with E-state index < -0.39 is 5.82 Å². The second-order valence-corrected chi connectivity index (χ2v) is 5.57. The topological polar surface area (TPSA) is 63.1 Å². The Labute approximate surface area is 111 Å². The molecule has 0 amide bonds. The lowest BCUT2D eigenvalue weighted by atomic mass is 10.1. The summed E-state index contributed by atoms with van der Waals surface area (Å²) in [5.74, 6) is -0.736. The van der Waals surface area contributed by atoms with Crippen LogP contribution in [0, 0.1) is 5.82 Å². The van der Waals surface area contributed by atoms with Crippen LogP contribution in [0.4, 0.5) is 4.39 Å². The molecule has 1 aromatic heterocycles. The number of halogens is 1. The van der Waals surface area contributed by atoms with Crippen LogP contribution in [0.25, 0.3) is 0 Å². The number of phenols is 1. The molecule has 0 radical (unpaired) electrons. The van der Waals surface area contributed by atoms with Crippen molar-refractivity contribution in [2.24, 2.45) is 0 Å². The Morgan fingerprint density at radius 2 is 2.33 bits per heavy atom. The lowest BCUT2D eigenvalue weighted by Crippen LogP contribution is -1.97. The number of carbonyl (C=O) groups excluding carboxylic acids is 1. The predicted molar refractivity (Wildman–Crippen MR) is 67.5 cm³/mol. The Kier molecular flexibility index (Phi) is 3.93. The van der Waals surface area contributed by atoms with Gasteiger partial charge in [0.1, 0.15) is 17.1 Å². The minimum atomic E-state index is -0.536. The number of nitrogens with zero attached hydrogens (tertiary/aromatic N) is 2. The zero-order valence-corrected chi connectivity index (χ0v) is 11.0. The van der Waals surface area contributed by atoms with Gasteiger partial charge in [-0.05, 0) is 19.1 Å². The van der Waals surface area contributed by atoms with E-state index in [1.54, 1.807) is 5.51 Å². The highest BCUT2D eigenvalue weighted by atomic mass is 32.2. The Morgan fingerprint density at radius 3 is 2.94 bits per heavy atom. The summed E-state index contributed by atoms with van der Waals surface area (Å²) in [5, 5.41) is 17.4. The largest absolute Gasteiger partial charge is 0.507 e. The van der Waals surface area contributed by atoms with E-state index in [1.165, 1.54) is 36.1 Å². The van der Waals surface area contributed by atoms with E-state index in [4.69, 9.17) is 0 Å². The molecule has 0 saturated carbocycles. The van der Waals surface area contributed by atoms with Gasteiger partial charge in [-0.15, -0.1) is 10.2 Å². The van der Waals surface area contributed by atoms with Crippen LogP contribution >= 0.6 is 23.1 Å². The van der Waals surface area contributed by atoms with Gasteiger partial charge in [0.15, 0.2) is 10.1 Å². The molecule has 0 unspecified atom stereocenters. The van der Waals surface area contributed by atoms with E-state index >= 15 is 0 Å². The molecule has 0 aliphatic rings. The first-order chi connectivity index (χ1) is 8.58. The molecule has 4 nitrogen and oxygen atoms in total. The standard InChI is InChI=1S/C11H9FN2O2S2/c1-6(15)9-3-8(12)2-7(10(9)16)4-17-11-14-13-5-18-11/h2-3,5,16H,4H2,1H3. The molecule has 18 heavy (non-hydrogen) atoms. The van der Waals surface area contributed by atoms with Crippen LogP contribution in [0.3, 0.4) is 0 Å². The highest BCUT2D eigenvalue weighted by Crippen LogP contribution is 2.31. The molecular weight excluding hydrogens is 275 g/mol. The number of aromatic nitrogens is 2. The van der Waals surface area contributed by atoms with E-state index in [0.29, 0.717) is 11.3 Å². The molecule has 1 aromatic carbocycles. The molecule has 2 aromatic rings. The van der Waals surface area contributed by atoms with E-state index in [2.05, 4.69) is 10.2 Å². The van der Waals surface area contributed by atoms with Crippen LogP contribution in [0.5, 0.6) is 5.75 Å². The number of Topliss-reactive ketones (excluding diaryl/α,β-unsaturated/α-hetero) is 1. The van der Waals surface area contributed by atoms with Crippen molar-refractivity contribution < 1.29 is 14.3 Å². The minimum Gasteiger partial charge on any atom is -0.507 e. The van der Waals surface area contributed by atoms with Crippen molar-refractivity contribution in [3.63, 3.8) is 0 Å². The first-order valence-corrected chi connectivity index (χ1v) is 6.85. The van der Waals surface area contributed by atoms with Crippen LogP contribution in [-0.2, 0) is 5.75 Å². The third-order valence-corrected chi connectivity index (χ3v) is 4.13. The van der Waals surface area contributed by atoms with Gasteiger partial charge in [-0.25, -0.2) is 4.39 Å². The molecular formula is C11H9FN2O2S2. The first kappa shape index (κ1) is 13.0. The van der Waals surface area contributed by atoms with Gasteiger partial charge in [0, 0.05) is 11.3 Å². The normalized spacial score (nSPS) is 10.6. The number of ketones is 1. The lowest BCUT2D eigenvalue weighted by molar-refractivity contribution is 0.101. The zero-order chi connectivity index (χ0) is 13.1. The number of hydrogen-bond acceptors (Lipinski definition) is 6. The summed E-state index contributed by atoms with van der Waals surface area (Å²) >= 11 is 2.69.